The molecule has 2 heterocycles. The number of imide groups is 2. The molecule has 1 N–H and O–H groups in total. The molecule has 3 aromatic rings. The van der Waals surface area contributed by atoms with Gasteiger partial charge in [0.1, 0.15) is 17.3 Å². The second-order valence-corrected chi connectivity index (χ2v) is 14.2. The number of hydrogen-bond donors (Lipinski definition) is 1. The maximum absolute atomic E-state index is 14.5. The number of amides is 4. The number of carbonyl (C=O) groups excluding carboxylic acids is 4. The van der Waals surface area contributed by atoms with E-state index in [0.29, 0.717) is 11.3 Å². The van der Waals surface area contributed by atoms with E-state index in [1.165, 1.54) is 13.0 Å². The van der Waals surface area contributed by atoms with Gasteiger partial charge >= 0.3 is 6.36 Å². The lowest BCUT2D eigenvalue weighted by Crippen LogP contribution is -2.49. The number of carbonyl (C=O) groups is 4. The minimum absolute atomic E-state index is 0.0176. The third-order valence-electron chi connectivity index (χ3n) is 10.1. The smallest absolute Gasteiger partial charge is 0.508 e. The van der Waals surface area contributed by atoms with Crippen LogP contribution in [-0.4, -0.2) is 35.1 Å². The maximum atomic E-state index is 14.5. The van der Waals surface area contributed by atoms with Gasteiger partial charge in [0, 0.05) is 15.1 Å². The lowest BCUT2D eigenvalue weighted by molar-refractivity contribution is -0.274. The summed E-state index contributed by atoms with van der Waals surface area (Å²) in [4.78, 5) is 58.6. The Kier molecular flexibility index (Phi) is 7.66. The van der Waals surface area contributed by atoms with E-state index in [1.54, 1.807) is 30.3 Å². The van der Waals surface area contributed by atoms with Crippen LogP contribution in [0.25, 0.3) is 0 Å². The summed E-state index contributed by atoms with van der Waals surface area (Å²) in [7, 11) is 0. The number of anilines is 2. The van der Waals surface area contributed by atoms with Gasteiger partial charge in [-0.2, -0.15) is 0 Å². The molecule has 7 rings (SSSR count). The highest BCUT2D eigenvalue weighted by Gasteiger charge is 2.68. The molecule has 248 valence electrons. The molecule has 2 saturated heterocycles. The second kappa shape index (κ2) is 11.3. The van der Waals surface area contributed by atoms with Crippen molar-refractivity contribution < 1.29 is 46.6 Å². The summed E-state index contributed by atoms with van der Waals surface area (Å²) >= 11 is 8.10. The number of hydrogen-bond acceptors (Lipinski definition) is 6. The highest BCUT2D eigenvalue weighted by molar-refractivity contribution is 14.1. The average Bonchev–Trinajstić information content (AvgIpc) is 3.39. The van der Waals surface area contributed by atoms with Gasteiger partial charge in [0.25, 0.3) is 0 Å². The highest BCUT2D eigenvalue weighted by atomic mass is 127. The van der Waals surface area contributed by atoms with Gasteiger partial charge in [-0.1, -0.05) is 23.3 Å². The number of benzene rings is 3. The number of allylic oxidation sites excluding steroid dienone is 2. The van der Waals surface area contributed by atoms with Crippen LogP contribution < -0.4 is 14.5 Å². The predicted molar refractivity (Wildman–Crippen MR) is 172 cm³/mol. The fraction of sp³-hybridized carbons (Fsp3) is 0.294. The molecule has 8 nitrogen and oxygen atoms in total. The van der Waals surface area contributed by atoms with E-state index in [-0.39, 0.29) is 29.1 Å². The van der Waals surface area contributed by atoms with Crippen molar-refractivity contribution >= 4 is 69.2 Å². The third-order valence-corrected chi connectivity index (χ3v) is 11.1. The number of halogens is 6. The number of fused-ring (bicyclic) bond motifs is 4. The van der Waals surface area contributed by atoms with Gasteiger partial charge in [-0.25, -0.2) is 9.29 Å². The molecule has 3 fully saturated rings. The molecule has 0 unspecified atom stereocenters. The van der Waals surface area contributed by atoms with Gasteiger partial charge in [-0.3, -0.25) is 24.1 Å². The zero-order valence-corrected chi connectivity index (χ0v) is 27.7. The minimum atomic E-state index is -5.07. The Balaban J connectivity index is 1.39. The summed E-state index contributed by atoms with van der Waals surface area (Å²) in [5, 5.41) is 10.8. The summed E-state index contributed by atoms with van der Waals surface area (Å²) in [6.07, 6.45) is -3.33. The van der Waals surface area contributed by atoms with Crippen molar-refractivity contribution in [2.45, 2.75) is 32.0 Å². The van der Waals surface area contributed by atoms with Gasteiger partial charge in [-0.05, 0) is 109 Å². The number of rotatable bonds is 4. The van der Waals surface area contributed by atoms with E-state index >= 15 is 0 Å². The summed E-state index contributed by atoms with van der Waals surface area (Å²) in [6, 6.07) is 13.0. The van der Waals surface area contributed by atoms with E-state index in [2.05, 4.69) is 27.3 Å². The SMILES string of the molecule is C[C@@]12C(=O)N(c3ccc(F)c(Cl)c3)C(=O)[C@@H]1C[C@@H]1C(=CC[C@@H]3C(=O)N(c4ccc(I)cc4)C(=O)[C@@H]31)[C@@H]2c1cc(OC(F)(F)F)ccc1O. The van der Waals surface area contributed by atoms with Gasteiger partial charge in [0.05, 0.1) is 39.6 Å². The van der Waals surface area contributed by atoms with E-state index in [4.69, 9.17) is 11.6 Å². The molecule has 2 aliphatic heterocycles. The standard InChI is InChI=1S/C34H24ClF4IN2O6/c1-33-23(30(45)42(32(33)47)17-6-10-25(36)24(35)12-17)14-21-19(28(33)22-13-18(7-11-26(22)43)48-34(37,38)39)8-9-20-27(21)31(46)41(29(20)44)16-4-2-15(40)3-5-16/h2-8,10-13,20-21,23,27-28,43H,9,14H2,1H3/t20-,21+,23-,27-,28+,33+/m0/s1. The Bertz CT molecular complexity index is 1950. The second-order valence-electron chi connectivity index (χ2n) is 12.5. The van der Waals surface area contributed by atoms with Gasteiger partial charge in [-0.15, -0.1) is 13.2 Å². The van der Waals surface area contributed by atoms with Crippen molar-refractivity contribution in [3.63, 3.8) is 0 Å². The Hall–Kier alpha value is -3.98. The molecule has 6 atom stereocenters. The molecule has 4 aliphatic rings. The van der Waals surface area contributed by atoms with Gasteiger partial charge < -0.3 is 9.84 Å². The van der Waals surface area contributed by atoms with Crippen LogP contribution in [0, 0.1) is 38.5 Å². The first-order valence-electron chi connectivity index (χ1n) is 14.9. The van der Waals surface area contributed by atoms with E-state index < -0.39 is 82.3 Å². The molecule has 0 bridgehead atoms. The molecule has 2 aliphatic carbocycles. The fourth-order valence-corrected chi connectivity index (χ4v) is 8.57. The quantitative estimate of drug-likeness (QED) is 0.131. The third kappa shape index (κ3) is 4.91. The van der Waals surface area contributed by atoms with Crippen molar-refractivity contribution in [2.24, 2.45) is 29.1 Å². The highest BCUT2D eigenvalue weighted by Crippen LogP contribution is 2.64. The Morgan fingerprint density at radius 3 is 2.27 bits per heavy atom. The minimum Gasteiger partial charge on any atom is -0.508 e. The van der Waals surface area contributed by atoms with Crippen molar-refractivity contribution in [1.82, 2.24) is 0 Å². The van der Waals surface area contributed by atoms with Crippen molar-refractivity contribution in [2.75, 3.05) is 9.80 Å². The van der Waals surface area contributed by atoms with Crippen LogP contribution in [0.3, 0.4) is 0 Å². The number of nitrogens with zero attached hydrogens (tertiary/aromatic N) is 2. The average molecular weight is 795 g/mol. The largest absolute Gasteiger partial charge is 0.573 e. The number of ether oxygens (including phenoxy) is 1. The zero-order chi connectivity index (χ0) is 34.4. The molecular weight excluding hydrogens is 771 g/mol. The number of alkyl halides is 3. The molecular formula is C34H24ClF4IN2O6. The molecule has 0 aromatic heterocycles. The first kappa shape index (κ1) is 32.6. The maximum Gasteiger partial charge on any atom is 0.573 e. The summed E-state index contributed by atoms with van der Waals surface area (Å²) in [6.45, 7) is 1.49. The lowest BCUT2D eigenvalue weighted by atomic mass is 9.51. The number of phenolic OH excluding ortho intramolecular Hbond substituents is 1. The topological polar surface area (TPSA) is 104 Å². The van der Waals surface area contributed by atoms with Crippen LogP contribution in [0.2, 0.25) is 5.02 Å². The molecule has 3 aromatic carbocycles. The number of aromatic hydroxyl groups is 1. The van der Waals surface area contributed by atoms with Crippen LogP contribution in [0.5, 0.6) is 11.5 Å². The zero-order valence-electron chi connectivity index (χ0n) is 24.8. The van der Waals surface area contributed by atoms with Crippen molar-refractivity contribution in [3.8, 4) is 11.5 Å². The molecule has 14 heteroatoms. The van der Waals surface area contributed by atoms with Gasteiger partial charge in [0.2, 0.25) is 23.6 Å². The van der Waals surface area contributed by atoms with Crippen molar-refractivity contribution in [3.05, 3.63) is 92.3 Å². The first-order valence-corrected chi connectivity index (χ1v) is 16.3. The fourth-order valence-electron chi connectivity index (χ4n) is 8.04. The van der Waals surface area contributed by atoms with Crippen LogP contribution in [0.15, 0.2) is 72.3 Å². The van der Waals surface area contributed by atoms with Crippen molar-refractivity contribution in [1.29, 1.82) is 0 Å². The Morgan fingerprint density at radius 2 is 1.60 bits per heavy atom. The monoisotopic (exact) mass is 794 g/mol. The summed E-state index contributed by atoms with van der Waals surface area (Å²) in [5.41, 5.74) is -1.01. The summed E-state index contributed by atoms with van der Waals surface area (Å²) in [5.74, 6) is -9.16. The van der Waals surface area contributed by atoms with E-state index in [9.17, 15) is 41.8 Å². The van der Waals surface area contributed by atoms with Crippen LogP contribution in [0.4, 0.5) is 28.9 Å². The normalized spacial score (nSPS) is 28.3. The lowest BCUT2D eigenvalue weighted by Gasteiger charge is -2.49. The molecule has 0 spiro atoms. The first-order chi connectivity index (χ1) is 22.6. The Morgan fingerprint density at radius 1 is 0.917 bits per heavy atom. The van der Waals surface area contributed by atoms with Crippen LogP contribution >= 0.6 is 34.2 Å². The van der Waals surface area contributed by atoms with Crippen LogP contribution in [0.1, 0.15) is 31.2 Å². The Labute approximate surface area is 289 Å². The van der Waals surface area contributed by atoms with Gasteiger partial charge in [0.15, 0.2) is 0 Å². The van der Waals surface area contributed by atoms with Crippen LogP contribution in [-0.2, 0) is 19.2 Å². The molecule has 0 radical (unpaired) electrons. The molecule has 4 amide bonds. The van der Waals surface area contributed by atoms with E-state index in [1.807, 2.05) is 0 Å². The predicted octanol–water partition coefficient (Wildman–Crippen LogP) is 7.12. The number of phenols is 1. The van der Waals surface area contributed by atoms with E-state index in [0.717, 1.165) is 43.7 Å². The summed E-state index contributed by atoms with van der Waals surface area (Å²) < 4.78 is 59.0. The molecule has 48 heavy (non-hydrogen) atoms. The molecule has 1 saturated carbocycles.